The van der Waals surface area contributed by atoms with Crippen molar-refractivity contribution in [3.63, 3.8) is 0 Å². The molecule has 21 heavy (non-hydrogen) atoms. The van der Waals surface area contributed by atoms with Crippen LogP contribution in [0, 0.1) is 12.8 Å². The molecule has 2 aromatic rings. The van der Waals surface area contributed by atoms with Gasteiger partial charge in [-0.1, -0.05) is 55.8 Å². The van der Waals surface area contributed by atoms with Gasteiger partial charge in [-0.25, -0.2) is 0 Å². The van der Waals surface area contributed by atoms with Gasteiger partial charge in [0.05, 0.1) is 0 Å². The van der Waals surface area contributed by atoms with Crippen molar-refractivity contribution in [1.82, 2.24) is 0 Å². The van der Waals surface area contributed by atoms with Crippen LogP contribution in [-0.4, -0.2) is 12.6 Å². The minimum atomic E-state index is 0.604. The normalized spacial score (nSPS) is 14.5. The smallest absolute Gasteiger partial charge is 0.0370 e. The van der Waals surface area contributed by atoms with Crippen LogP contribution in [0.2, 0.25) is 0 Å². The molecule has 0 N–H and O–H groups in total. The summed E-state index contributed by atoms with van der Waals surface area (Å²) in [5.41, 5.74) is 5.76. The fourth-order valence-electron chi connectivity index (χ4n) is 3.35. The molecule has 0 atom stereocenters. The number of anilines is 1. The van der Waals surface area contributed by atoms with Crippen molar-refractivity contribution in [3.05, 3.63) is 65.2 Å². The van der Waals surface area contributed by atoms with E-state index >= 15 is 0 Å². The molecule has 0 saturated carbocycles. The summed E-state index contributed by atoms with van der Waals surface area (Å²) in [5, 5.41) is 0. The van der Waals surface area contributed by atoms with Crippen LogP contribution >= 0.6 is 0 Å². The van der Waals surface area contributed by atoms with Crippen LogP contribution in [0.4, 0.5) is 5.69 Å². The largest absolute Gasteiger partial charge is 0.368 e. The number of fused-ring (bicyclic) bond motifs is 1. The van der Waals surface area contributed by atoms with Crippen LogP contribution in [0.15, 0.2) is 48.5 Å². The molecular formula is C20H25N. The van der Waals surface area contributed by atoms with E-state index in [0.717, 1.165) is 6.54 Å². The lowest BCUT2D eigenvalue weighted by atomic mass is 10.1. The van der Waals surface area contributed by atoms with Gasteiger partial charge in [-0.05, 0) is 48.9 Å². The number of hydrogen-bond acceptors (Lipinski definition) is 1. The van der Waals surface area contributed by atoms with Crippen molar-refractivity contribution >= 4 is 5.69 Å². The quantitative estimate of drug-likeness (QED) is 0.789. The lowest BCUT2D eigenvalue weighted by molar-refractivity contribution is 0.541. The Balaban J connectivity index is 1.85. The molecule has 0 aliphatic heterocycles. The summed E-state index contributed by atoms with van der Waals surface area (Å²) < 4.78 is 0. The summed E-state index contributed by atoms with van der Waals surface area (Å²) in [4.78, 5) is 2.62. The van der Waals surface area contributed by atoms with Gasteiger partial charge >= 0.3 is 0 Å². The minimum absolute atomic E-state index is 0.604. The van der Waals surface area contributed by atoms with E-state index in [0.29, 0.717) is 12.0 Å². The summed E-state index contributed by atoms with van der Waals surface area (Å²) in [7, 11) is 0. The highest BCUT2D eigenvalue weighted by Crippen LogP contribution is 2.29. The van der Waals surface area contributed by atoms with E-state index in [2.05, 4.69) is 74.2 Å². The molecule has 0 radical (unpaired) electrons. The van der Waals surface area contributed by atoms with Gasteiger partial charge in [0.25, 0.3) is 0 Å². The van der Waals surface area contributed by atoms with E-state index in [1.807, 2.05) is 0 Å². The Morgan fingerprint density at radius 2 is 1.52 bits per heavy atom. The predicted molar refractivity (Wildman–Crippen MR) is 91.0 cm³/mol. The third-order valence-corrected chi connectivity index (χ3v) is 4.40. The van der Waals surface area contributed by atoms with Crippen LogP contribution in [0.25, 0.3) is 0 Å². The number of hydrogen-bond donors (Lipinski definition) is 0. The zero-order valence-corrected chi connectivity index (χ0v) is 13.3. The van der Waals surface area contributed by atoms with E-state index in [1.54, 1.807) is 0 Å². The number of aryl methyl sites for hydroxylation is 1. The molecule has 1 aliphatic rings. The second-order valence-corrected chi connectivity index (χ2v) is 6.71. The Hall–Kier alpha value is -1.76. The van der Waals surface area contributed by atoms with Gasteiger partial charge in [-0.3, -0.25) is 0 Å². The van der Waals surface area contributed by atoms with E-state index in [1.165, 1.54) is 35.2 Å². The molecule has 1 aliphatic carbocycles. The van der Waals surface area contributed by atoms with Gasteiger partial charge in [-0.15, -0.1) is 0 Å². The minimum Gasteiger partial charge on any atom is -0.368 e. The Morgan fingerprint density at radius 3 is 2.05 bits per heavy atom. The lowest BCUT2D eigenvalue weighted by Gasteiger charge is -2.33. The Labute approximate surface area is 128 Å². The van der Waals surface area contributed by atoms with E-state index < -0.39 is 0 Å². The molecule has 110 valence electrons. The lowest BCUT2D eigenvalue weighted by Crippen LogP contribution is -2.38. The Kier molecular flexibility index (Phi) is 4.01. The Bertz CT molecular complexity index is 572. The first-order chi connectivity index (χ1) is 10.1. The second-order valence-electron chi connectivity index (χ2n) is 6.71. The van der Waals surface area contributed by atoms with Crippen molar-refractivity contribution in [2.24, 2.45) is 5.92 Å². The molecular weight excluding hydrogens is 254 g/mol. The summed E-state index contributed by atoms with van der Waals surface area (Å²) >= 11 is 0. The zero-order chi connectivity index (χ0) is 14.8. The molecule has 0 spiro atoms. The van der Waals surface area contributed by atoms with Crippen molar-refractivity contribution in [2.45, 2.75) is 39.7 Å². The highest BCUT2D eigenvalue weighted by Gasteiger charge is 2.27. The average molecular weight is 279 g/mol. The Morgan fingerprint density at radius 1 is 0.952 bits per heavy atom. The maximum Gasteiger partial charge on any atom is 0.0370 e. The maximum atomic E-state index is 2.62. The molecule has 0 saturated heterocycles. The molecule has 0 heterocycles. The standard InChI is InChI=1S/C20H25N/c1-15(2)14-21(19-10-8-16(3)9-11-19)20-12-17-6-4-5-7-18(17)13-20/h4-11,15,20H,12-14H2,1-3H3. The van der Waals surface area contributed by atoms with Gasteiger partial charge in [0.1, 0.15) is 0 Å². The molecule has 1 heteroatoms. The monoisotopic (exact) mass is 279 g/mol. The van der Waals surface area contributed by atoms with E-state index in [9.17, 15) is 0 Å². The molecule has 3 rings (SSSR count). The summed E-state index contributed by atoms with van der Waals surface area (Å²) in [6, 6.07) is 18.5. The highest BCUT2D eigenvalue weighted by atomic mass is 15.2. The van der Waals surface area contributed by atoms with Crippen LogP contribution in [0.3, 0.4) is 0 Å². The average Bonchev–Trinajstić information content (AvgIpc) is 2.89. The first-order valence-corrected chi connectivity index (χ1v) is 8.03. The summed E-state index contributed by atoms with van der Waals surface area (Å²) in [6.45, 7) is 7.90. The zero-order valence-electron chi connectivity index (χ0n) is 13.3. The van der Waals surface area contributed by atoms with Crippen LogP contribution < -0.4 is 4.90 Å². The first-order valence-electron chi connectivity index (χ1n) is 8.03. The molecule has 2 aromatic carbocycles. The van der Waals surface area contributed by atoms with E-state index in [4.69, 9.17) is 0 Å². The van der Waals surface area contributed by atoms with Gasteiger partial charge in [0.2, 0.25) is 0 Å². The third kappa shape index (κ3) is 3.12. The van der Waals surface area contributed by atoms with Crippen LogP contribution in [0.1, 0.15) is 30.5 Å². The number of rotatable bonds is 4. The SMILES string of the molecule is Cc1ccc(N(CC(C)C)C2Cc3ccccc3C2)cc1. The summed E-state index contributed by atoms with van der Waals surface area (Å²) in [5.74, 6) is 0.676. The highest BCUT2D eigenvalue weighted by molar-refractivity contribution is 5.51. The second kappa shape index (κ2) is 5.93. The van der Waals surface area contributed by atoms with Crippen molar-refractivity contribution in [1.29, 1.82) is 0 Å². The van der Waals surface area contributed by atoms with E-state index in [-0.39, 0.29) is 0 Å². The first kappa shape index (κ1) is 14.2. The number of benzene rings is 2. The van der Waals surface area contributed by atoms with Crippen molar-refractivity contribution < 1.29 is 0 Å². The summed E-state index contributed by atoms with van der Waals surface area (Å²) in [6.07, 6.45) is 2.35. The van der Waals surface area contributed by atoms with Crippen LogP contribution in [0.5, 0.6) is 0 Å². The van der Waals surface area contributed by atoms with Crippen LogP contribution in [-0.2, 0) is 12.8 Å². The fourth-order valence-corrected chi connectivity index (χ4v) is 3.35. The van der Waals surface area contributed by atoms with Gasteiger partial charge in [-0.2, -0.15) is 0 Å². The third-order valence-electron chi connectivity index (χ3n) is 4.40. The van der Waals surface area contributed by atoms with Gasteiger partial charge in [0, 0.05) is 18.3 Å². The maximum absolute atomic E-state index is 2.62. The van der Waals surface area contributed by atoms with Gasteiger partial charge < -0.3 is 4.90 Å². The molecule has 1 nitrogen and oxygen atoms in total. The van der Waals surface area contributed by atoms with Crippen molar-refractivity contribution in [2.75, 3.05) is 11.4 Å². The predicted octanol–water partition coefficient (Wildman–Crippen LogP) is 4.62. The fraction of sp³-hybridized carbons (Fsp3) is 0.400. The molecule has 0 amide bonds. The molecule has 0 bridgehead atoms. The molecule has 0 unspecified atom stereocenters. The molecule has 0 aromatic heterocycles. The molecule has 0 fully saturated rings. The number of nitrogens with zero attached hydrogens (tertiary/aromatic N) is 1. The van der Waals surface area contributed by atoms with Crippen molar-refractivity contribution in [3.8, 4) is 0 Å². The van der Waals surface area contributed by atoms with Gasteiger partial charge in [0.15, 0.2) is 0 Å². The topological polar surface area (TPSA) is 3.24 Å².